The third-order valence-electron chi connectivity index (χ3n) is 4.64. The van der Waals surface area contributed by atoms with Gasteiger partial charge in [0.2, 0.25) is 0 Å². The molecule has 0 unspecified atom stereocenters. The third kappa shape index (κ3) is 2.31. The molecular weight excluding hydrogens is 212 g/mol. The average Bonchev–Trinajstić information content (AvgIpc) is 2.55. The number of hydrogen-bond donors (Lipinski definition) is 1. The van der Waals surface area contributed by atoms with Gasteiger partial charge in [-0.25, -0.2) is 4.79 Å². The minimum atomic E-state index is -0.844. The Morgan fingerprint density at radius 1 is 1.29 bits per heavy atom. The van der Waals surface area contributed by atoms with Crippen molar-refractivity contribution in [1.82, 2.24) is 0 Å². The molecule has 0 aliphatic heterocycles. The lowest BCUT2D eigenvalue weighted by Crippen LogP contribution is -2.10. The molecule has 0 bridgehead atoms. The van der Waals surface area contributed by atoms with E-state index < -0.39 is 5.97 Å². The Balaban J connectivity index is 2.27. The van der Waals surface area contributed by atoms with Crippen molar-refractivity contribution in [2.75, 3.05) is 0 Å². The highest BCUT2D eigenvalue weighted by molar-refractivity contribution is 5.86. The van der Waals surface area contributed by atoms with Crippen LogP contribution in [0.2, 0.25) is 0 Å². The van der Waals surface area contributed by atoms with Crippen molar-refractivity contribution >= 4 is 5.97 Å². The average molecular weight is 234 g/mol. The second-order valence-corrected chi connectivity index (χ2v) is 5.74. The molecule has 2 aliphatic rings. The number of allylic oxidation sites excluding steroid dienone is 2. The van der Waals surface area contributed by atoms with Gasteiger partial charge < -0.3 is 5.11 Å². The first-order valence-corrected chi connectivity index (χ1v) is 6.64. The zero-order valence-corrected chi connectivity index (χ0v) is 10.8. The van der Waals surface area contributed by atoms with E-state index in [4.69, 9.17) is 5.11 Å². The fourth-order valence-corrected chi connectivity index (χ4v) is 3.42. The summed E-state index contributed by atoms with van der Waals surface area (Å²) in [7, 11) is 0. The van der Waals surface area contributed by atoms with E-state index in [2.05, 4.69) is 26.5 Å². The van der Waals surface area contributed by atoms with E-state index in [0.717, 1.165) is 12.8 Å². The molecule has 2 heteroatoms. The lowest BCUT2D eigenvalue weighted by Gasteiger charge is -2.18. The van der Waals surface area contributed by atoms with Crippen LogP contribution in [0, 0.1) is 23.7 Å². The maximum absolute atomic E-state index is 11.0. The molecule has 0 radical (unpaired) electrons. The summed E-state index contributed by atoms with van der Waals surface area (Å²) in [6, 6.07) is 0. The highest BCUT2D eigenvalue weighted by Crippen LogP contribution is 2.45. The van der Waals surface area contributed by atoms with E-state index in [9.17, 15) is 4.79 Å². The molecule has 0 aromatic rings. The van der Waals surface area contributed by atoms with Crippen molar-refractivity contribution < 1.29 is 9.90 Å². The Kier molecular flexibility index (Phi) is 3.41. The molecule has 1 N–H and O–H groups in total. The van der Waals surface area contributed by atoms with Crippen LogP contribution in [0.4, 0.5) is 0 Å². The van der Waals surface area contributed by atoms with Crippen molar-refractivity contribution in [2.45, 2.75) is 39.5 Å². The topological polar surface area (TPSA) is 37.3 Å². The van der Waals surface area contributed by atoms with Crippen molar-refractivity contribution in [3.8, 4) is 0 Å². The zero-order chi connectivity index (χ0) is 12.6. The molecule has 0 aromatic heterocycles. The summed E-state index contributed by atoms with van der Waals surface area (Å²) in [6.45, 7) is 8.32. The number of hydrogen-bond acceptors (Lipinski definition) is 1. The number of aliphatic carboxylic acids is 1. The lowest BCUT2D eigenvalue weighted by atomic mass is 9.87. The maximum Gasteiger partial charge on any atom is 0.331 e. The third-order valence-corrected chi connectivity index (χ3v) is 4.64. The van der Waals surface area contributed by atoms with E-state index in [0.29, 0.717) is 23.3 Å². The van der Waals surface area contributed by atoms with Gasteiger partial charge in [-0.1, -0.05) is 32.1 Å². The molecule has 4 atom stereocenters. The van der Waals surface area contributed by atoms with Crippen LogP contribution in [0.1, 0.15) is 39.5 Å². The van der Waals surface area contributed by atoms with Crippen LogP contribution in [0.15, 0.2) is 23.8 Å². The van der Waals surface area contributed by atoms with E-state index in [-0.39, 0.29) is 5.92 Å². The summed E-state index contributed by atoms with van der Waals surface area (Å²) in [6.07, 6.45) is 6.82. The Morgan fingerprint density at radius 2 is 2.00 bits per heavy atom. The second kappa shape index (κ2) is 4.67. The van der Waals surface area contributed by atoms with Gasteiger partial charge in [-0.2, -0.15) is 0 Å². The monoisotopic (exact) mass is 234 g/mol. The van der Waals surface area contributed by atoms with Crippen LogP contribution in [0.25, 0.3) is 0 Å². The van der Waals surface area contributed by atoms with Gasteiger partial charge in [0.05, 0.1) is 0 Å². The molecule has 0 heterocycles. The molecule has 94 valence electrons. The fraction of sp³-hybridized carbons (Fsp3) is 0.667. The molecule has 1 fully saturated rings. The molecular formula is C15H22O2. The van der Waals surface area contributed by atoms with Crippen molar-refractivity contribution in [3.63, 3.8) is 0 Å². The number of carboxylic acids is 1. The first kappa shape index (κ1) is 12.4. The molecule has 2 aliphatic carbocycles. The summed E-state index contributed by atoms with van der Waals surface area (Å²) in [5, 5.41) is 9.07. The zero-order valence-electron chi connectivity index (χ0n) is 10.8. The molecule has 0 saturated heterocycles. The largest absolute Gasteiger partial charge is 0.478 e. The first-order valence-electron chi connectivity index (χ1n) is 6.64. The molecule has 0 amide bonds. The van der Waals surface area contributed by atoms with Gasteiger partial charge in [0, 0.05) is 11.5 Å². The normalized spacial score (nSPS) is 36.9. The van der Waals surface area contributed by atoms with E-state index in [1.54, 1.807) is 0 Å². The lowest BCUT2D eigenvalue weighted by molar-refractivity contribution is -0.133. The summed E-state index contributed by atoms with van der Waals surface area (Å²) < 4.78 is 0. The van der Waals surface area contributed by atoms with Gasteiger partial charge in [0.1, 0.15) is 0 Å². The Bertz CT molecular complexity index is 367. The van der Waals surface area contributed by atoms with E-state index >= 15 is 0 Å². The van der Waals surface area contributed by atoms with Crippen LogP contribution in [-0.2, 0) is 4.79 Å². The maximum atomic E-state index is 11.0. The fourth-order valence-electron chi connectivity index (χ4n) is 3.42. The van der Waals surface area contributed by atoms with Crippen LogP contribution in [0.5, 0.6) is 0 Å². The molecule has 2 rings (SSSR count). The molecule has 1 saturated carbocycles. The van der Waals surface area contributed by atoms with Crippen LogP contribution in [0.3, 0.4) is 0 Å². The number of carboxylic acid groups (broad SMARTS) is 1. The van der Waals surface area contributed by atoms with Gasteiger partial charge in [-0.15, -0.1) is 0 Å². The smallest absolute Gasteiger partial charge is 0.331 e. The van der Waals surface area contributed by atoms with E-state index in [1.165, 1.54) is 18.4 Å². The molecule has 2 nitrogen and oxygen atoms in total. The number of rotatable bonds is 2. The van der Waals surface area contributed by atoms with Crippen molar-refractivity contribution in [1.29, 1.82) is 0 Å². The number of fused-ring (bicyclic) bond motifs is 1. The molecule has 0 aromatic carbocycles. The summed E-state index contributed by atoms with van der Waals surface area (Å²) in [5.41, 5.74) is 1.87. The Hall–Kier alpha value is -1.05. The van der Waals surface area contributed by atoms with Gasteiger partial charge in [-0.3, -0.25) is 0 Å². The summed E-state index contributed by atoms with van der Waals surface area (Å²) in [5.74, 6) is 1.22. The number of carbonyl (C=O) groups is 1. The Morgan fingerprint density at radius 3 is 2.65 bits per heavy atom. The van der Waals surface area contributed by atoms with Crippen molar-refractivity contribution in [2.24, 2.45) is 23.7 Å². The Labute approximate surface area is 103 Å². The summed E-state index contributed by atoms with van der Waals surface area (Å²) in [4.78, 5) is 11.0. The highest BCUT2D eigenvalue weighted by atomic mass is 16.4. The minimum Gasteiger partial charge on any atom is -0.478 e. The van der Waals surface area contributed by atoms with Gasteiger partial charge in [-0.05, 0) is 43.4 Å². The van der Waals surface area contributed by atoms with Crippen LogP contribution < -0.4 is 0 Å². The van der Waals surface area contributed by atoms with Gasteiger partial charge in [0.15, 0.2) is 0 Å². The quantitative estimate of drug-likeness (QED) is 0.585. The van der Waals surface area contributed by atoms with Crippen LogP contribution in [-0.4, -0.2) is 11.1 Å². The molecule has 0 spiro atoms. The van der Waals surface area contributed by atoms with Crippen LogP contribution >= 0.6 is 0 Å². The van der Waals surface area contributed by atoms with Gasteiger partial charge >= 0.3 is 5.97 Å². The predicted octanol–water partition coefficient (Wildman–Crippen LogP) is 3.65. The SMILES string of the molecule is C=C(C(=O)O)[C@@H]1C=C2[C@H](C)CC[C@H]2[C@@H](C)CC1. The minimum absolute atomic E-state index is 0.0514. The van der Waals surface area contributed by atoms with E-state index in [1.807, 2.05) is 0 Å². The highest BCUT2D eigenvalue weighted by Gasteiger charge is 2.34. The standard InChI is InChI=1S/C15H22O2/c1-9-4-6-12(11(3)15(16)17)8-14-10(2)5-7-13(9)14/h8-10,12-13H,3-7H2,1-2H3,(H,16,17)/t9-,10+,12-,13-/m0/s1. The summed E-state index contributed by atoms with van der Waals surface area (Å²) >= 11 is 0. The van der Waals surface area contributed by atoms with Crippen molar-refractivity contribution in [3.05, 3.63) is 23.8 Å². The predicted molar refractivity (Wildman–Crippen MR) is 68.6 cm³/mol. The second-order valence-electron chi connectivity index (χ2n) is 5.74. The first-order chi connectivity index (χ1) is 8.00. The van der Waals surface area contributed by atoms with Gasteiger partial charge in [0.25, 0.3) is 0 Å². The molecule has 17 heavy (non-hydrogen) atoms.